The van der Waals surface area contributed by atoms with E-state index in [-0.39, 0.29) is 0 Å². The number of nitrogens with zero attached hydrogens (tertiary/aromatic N) is 1. The molecule has 3 nitrogen and oxygen atoms in total. The lowest BCUT2D eigenvalue weighted by atomic mass is 9.85. The van der Waals surface area contributed by atoms with Gasteiger partial charge in [-0.05, 0) is 57.2 Å². The summed E-state index contributed by atoms with van der Waals surface area (Å²) in [6, 6.07) is 3.69. The van der Waals surface area contributed by atoms with Crippen LogP contribution >= 0.6 is 0 Å². The highest BCUT2D eigenvalue weighted by molar-refractivity contribution is 5.20. The van der Waals surface area contributed by atoms with Crippen LogP contribution in [0.4, 0.5) is 0 Å². The van der Waals surface area contributed by atoms with Crippen molar-refractivity contribution in [2.45, 2.75) is 77.5 Å². The molecule has 2 unspecified atom stereocenters. The van der Waals surface area contributed by atoms with Gasteiger partial charge in [0.25, 0.3) is 0 Å². The lowest BCUT2D eigenvalue weighted by Gasteiger charge is -2.35. The molecule has 2 atom stereocenters. The molecule has 2 aliphatic rings. The first-order valence-electron chi connectivity index (χ1n) is 8.65. The summed E-state index contributed by atoms with van der Waals surface area (Å²) in [5.74, 6) is 3.07. The van der Waals surface area contributed by atoms with Crippen LogP contribution in [-0.2, 0) is 13.1 Å². The third-order valence-corrected chi connectivity index (χ3v) is 5.24. The standard InChI is InChI=1S/C18H30N2O/c1-13-6-4-5-7-17(13)20(3)12-16-10-14(2)18(21-16)11-19-15-8-9-15/h10,13,15,17,19H,4-9,11-12H2,1-3H3. The maximum absolute atomic E-state index is 6.09. The molecule has 0 radical (unpaired) electrons. The molecule has 2 aliphatic carbocycles. The summed E-state index contributed by atoms with van der Waals surface area (Å²) in [4.78, 5) is 2.50. The normalized spacial score (nSPS) is 26.5. The van der Waals surface area contributed by atoms with Crippen LogP contribution in [0.2, 0.25) is 0 Å². The minimum atomic E-state index is 0.720. The summed E-state index contributed by atoms with van der Waals surface area (Å²) in [5.41, 5.74) is 1.29. The molecule has 0 aliphatic heterocycles. The molecule has 1 aromatic rings. The Morgan fingerprint density at radius 1 is 1.24 bits per heavy atom. The van der Waals surface area contributed by atoms with Crippen molar-refractivity contribution in [1.29, 1.82) is 0 Å². The molecule has 0 aromatic carbocycles. The van der Waals surface area contributed by atoms with Crippen molar-refractivity contribution in [1.82, 2.24) is 10.2 Å². The lowest BCUT2D eigenvalue weighted by molar-refractivity contribution is 0.125. The van der Waals surface area contributed by atoms with Crippen molar-refractivity contribution in [2.75, 3.05) is 7.05 Å². The maximum Gasteiger partial charge on any atom is 0.120 e. The second kappa shape index (κ2) is 6.53. The van der Waals surface area contributed by atoms with Crippen LogP contribution in [0.15, 0.2) is 10.5 Å². The summed E-state index contributed by atoms with van der Waals surface area (Å²) in [6.07, 6.45) is 8.16. The van der Waals surface area contributed by atoms with E-state index in [4.69, 9.17) is 4.42 Å². The topological polar surface area (TPSA) is 28.4 Å². The van der Waals surface area contributed by atoms with Crippen molar-refractivity contribution in [2.24, 2.45) is 5.92 Å². The van der Waals surface area contributed by atoms with Crippen LogP contribution in [0.1, 0.15) is 62.5 Å². The first-order chi connectivity index (χ1) is 10.1. The molecule has 2 saturated carbocycles. The summed E-state index contributed by atoms with van der Waals surface area (Å²) in [6.45, 7) is 6.40. The molecular weight excluding hydrogens is 260 g/mol. The second-order valence-electron chi connectivity index (χ2n) is 7.22. The molecule has 0 saturated heterocycles. The minimum Gasteiger partial charge on any atom is -0.463 e. The van der Waals surface area contributed by atoms with Crippen molar-refractivity contribution < 1.29 is 4.42 Å². The molecule has 2 fully saturated rings. The van der Waals surface area contributed by atoms with Crippen LogP contribution in [-0.4, -0.2) is 24.0 Å². The number of hydrogen-bond acceptors (Lipinski definition) is 3. The zero-order valence-electron chi connectivity index (χ0n) is 13.8. The Balaban J connectivity index is 1.57. The fraction of sp³-hybridized carbons (Fsp3) is 0.778. The first-order valence-corrected chi connectivity index (χ1v) is 8.65. The third kappa shape index (κ3) is 3.89. The van der Waals surface area contributed by atoms with Gasteiger partial charge in [0.15, 0.2) is 0 Å². The molecule has 0 amide bonds. The van der Waals surface area contributed by atoms with Gasteiger partial charge in [-0.2, -0.15) is 0 Å². The van der Waals surface area contributed by atoms with Crippen molar-refractivity contribution in [3.8, 4) is 0 Å². The second-order valence-corrected chi connectivity index (χ2v) is 7.22. The van der Waals surface area contributed by atoms with E-state index < -0.39 is 0 Å². The van der Waals surface area contributed by atoms with E-state index in [2.05, 4.69) is 37.2 Å². The molecule has 1 heterocycles. The van der Waals surface area contributed by atoms with Gasteiger partial charge in [0.2, 0.25) is 0 Å². The highest BCUT2D eigenvalue weighted by Gasteiger charge is 2.26. The van der Waals surface area contributed by atoms with Gasteiger partial charge in [-0.1, -0.05) is 19.8 Å². The smallest absolute Gasteiger partial charge is 0.120 e. The average Bonchev–Trinajstić information content (AvgIpc) is 3.21. The van der Waals surface area contributed by atoms with Gasteiger partial charge >= 0.3 is 0 Å². The predicted molar refractivity (Wildman–Crippen MR) is 86.2 cm³/mol. The van der Waals surface area contributed by atoms with Gasteiger partial charge in [0.1, 0.15) is 11.5 Å². The van der Waals surface area contributed by atoms with Crippen LogP contribution in [0.5, 0.6) is 0 Å². The molecule has 1 N–H and O–H groups in total. The Hall–Kier alpha value is -0.800. The van der Waals surface area contributed by atoms with Gasteiger partial charge in [0, 0.05) is 12.1 Å². The highest BCUT2D eigenvalue weighted by atomic mass is 16.3. The largest absolute Gasteiger partial charge is 0.463 e. The highest BCUT2D eigenvalue weighted by Crippen LogP contribution is 2.29. The lowest BCUT2D eigenvalue weighted by Crippen LogP contribution is -2.38. The summed E-state index contributed by atoms with van der Waals surface area (Å²) >= 11 is 0. The van der Waals surface area contributed by atoms with Crippen molar-refractivity contribution in [3.05, 3.63) is 23.2 Å². The average molecular weight is 290 g/mol. The summed E-state index contributed by atoms with van der Waals surface area (Å²) < 4.78 is 6.09. The van der Waals surface area contributed by atoms with Crippen LogP contribution in [0.25, 0.3) is 0 Å². The number of hydrogen-bond donors (Lipinski definition) is 1. The van der Waals surface area contributed by atoms with E-state index in [0.29, 0.717) is 0 Å². The fourth-order valence-corrected chi connectivity index (χ4v) is 3.68. The predicted octanol–water partition coefficient (Wildman–Crippen LogP) is 3.85. The monoisotopic (exact) mass is 290 g/mol. The molecule has 1 aromatic heterocycles. The summed E-state index contributed by atoms with van der Waals surface area (Å²) in [5, 5.41) is 3.54. The molecule has 118 valence electrons. The van der Waals surface area contributed by atoms with Crippen LogP contribution < -0.4 is 5.32 Å². The van der Waals surface area contributed by atoms with Crippen LogP contribution in [0.3, 0.4) is 0 Å². The molecule has 3 heteroatoms. The minimum absolute atomic E-state index is 0.720. The molecule has 0 spiro atoms. The zero-order chi connectivity index (χ0) is 14.8. The van der Waals surface area contributed by atoms with Gasteiger partial charge < -0.3 is 9.73 Å². The molecular formula is C18H30N2O. The molecule has 21 heavy (non-hydrogen) atoms. The third-order valence-electron chi connectivity index (χ3n) is 5.24. The number of nitrogens with one attached hydrogen (secondary N) is 1. The first kappa shape index (κ1) is 15.1. The Morgan fingerprint density at radius 3 is 2.71 bits per heavy atom. The molecule has 0 bridgehead atoms. The Morgan fingerprint density at radius 2 is 2.00 bits per heavy atom. The Kier molecular flexibility index (Phi) is 4.70. The van der Waals surface area contributed by atoms with E-state index in [0.717, 1.165) is 42.6 Å². The van der Waals surface area contributed by atoms with E-state index in [1.54, 1.807) is 0 Å². The van der Waals surface area contributed by atoms with Gasteiger partial charge in [0.05, 0.1) is 13.1 Å². The number of rotatable bonds is 6. The van der Waals surface area contributed by atoms with Gasteiger partial charge in [-0.3, -0.25) is 4.90 Å². The van der Waals surface area contributed by atoms with E-state index in [1.165, 1.54) is 44.1 Å². The Labute approximate surface area is 129 Å². The van der Waals surface area contributed by atoms with Gasteiger partial charge in [-0.25, -0.2) is 0 Å². The van der Waals surface area contributed by atoms with E-state index in [9.17, 15) is 0 Å². The van der Waals surface area contributed by atoms with Gasteiger partial charge in [-0.15, -0.1) is 0 Å². The maximum atomic E-state index is 6.09. The fourth-order valence-electron chi connectivity index (χ4n) is 3.68. The summed E-state index contributed by atoms with van der Waals surface area (Å²) in [7, 11) is 2.26. The number of aryl methyl sites for hydroxylation is 1. The van der Waals surface area contributed by atoms with E-state index in [1.807, 2.05) is 0 Å². The Bertz CT molecular complexity index is 464. The SMILES string of the molecule is Cc1cc(CN(C)C2CCCCC2C)oc1CNC1CC1. The van der Waals surface area contributed by atoms with Crippen molar-refractivity contribution >= 4 is 0 Å². The number of furan rings is 1. The van der Waals surface area contributed by atoms with Crippen LogP contribution in [0, 0.1) is 12.8 Å². The molecule has 3 rings (SSSR count). The van der Waals surface area contributed by atoms with Crippen molar-refractivity contribution in [3.63, 3.8) is 0 Å². The van der Waals surface area contributed by atoms with E-state index >= 15 is 0 Å². The quantitative estimate of drug-likeness (QED) is 0.862. The zero-order valence-corrected chi connectivity index (χ0v) is 13.8.